The largest absolute Gasteiger partial charge is 0.459 e. The fourth-order valence-electron chi connectivity index (χ4n) is 2.90. The molecule has 136 valence electrons. The predicted molar refractivity (Wildman–Crippen MR) is 91.3 cm³/mol. The minimum absolute atomic E-state index is 0.0876. The van der Waals surface area contributed by atoms with E-state index in [2.05, 4.69) is 5.32 Å². The molecule has 2 N–H and O–H groups in total. The zero-order chi connectivity index (χ0) is 17.5. The first-order valence-corrected chi connectivity index (χ1v) is 8.95. The summed E-state index contributed by atoms with van der Waals surface area (Å²) >= 11 is 0. The van der Waals surface area contributed by atoms with E-state index in [-0.39, 0.29) is 30.6 Å². The first-order chi connectivity index (χ1) is 10.7. The standard InChI is InChI=1S/C18H35NO4/c1-13(2)22-12-15(20)11-19-16(14-9-7-6-8-10-14)17(21)23-18(3,4)5/h13-16,19-20H,6-12H2,1-5H3. The topological polar surface area (TPSA) is 67.8 Å². The van der Waals surface area contributed by atoms with Gasteiger partial charge in [0.05, 0.1) is 18.8 Å². The van der Waals surface area contributed by atoms with Gasteiger partial charge in [-0.2, -0.15) is 0 Å². The Morgan fingerprint density at radius 1 is 1.22 bits per heavy atom. The molecule has 1 aliphatic carbocycles. The van der Waals surface area contributed by atoms with Gasteiger partial charge in [0.15, 0.2) is 0 Å². The summed E-state index contributed by atoms with van der Waals surface area (Å²) < 4.78 is 11.0. The van der Waals surface area contributed by atoms with Crippen molar-refractivity contribution in [3.05, 3.63) is 0 Å². The number of ether oxygens (including phenoxy) is 2. The molecule has 1 aliphatic rings. The Morgan fingerprint density at radius 2 is 1.83 bits per heavy atom. The summed E-state index contributed by atoms with van der Waals surface area (Å²) in [6, 6.07) is -0.344. The molecular formula is C18H35NO4. The lowest BCUT2D eigenvalue weighted by Gasteiger charge is -2.32. The minimum Gasteiger partial charge on any atom is -0.459 e. The van der Waals surface area contributed by atoms with E-state index in [0.29, 0.717) is 6.54 Å². The third kappa shape index (κ3) is 8.68. The van der Waals surface area contributed by atoms with Crippen LogP contribution < -0.4 is 5.32 Å². The van der Waals surface area contributed by atoms with E-state index < -0.39 is 11.7 Å². The van der Waals surface area contributed by atoms with Crippen LogP contribution in [0.4, 0.5) is 0 Å². The lowest BCUT2D eigenvalue weighted by molar-refractivity contribution is -0.159. The molecule has 5 heteroatoms. The monoisotopic (exact) mass is 329 g/mol. The summed E-state index contributed by atoms with van der Waals surface area (Å²) in [6.45, 7) is 10.1. The van der Waals surface area contributed by atoms with E-state index in [0.717, 1.165) is 25.7 Å². The SMILES string of the molecule is CC(C)OCC(O)CNC(C(=O)OC(C)(C)C)C1CCCCC1. The number of hydrogen-bond acceptors (Lipinski definition) is 5. The van der Waals surface area contributed by atoms with E-state index in [1.807, 2.05) is 34.6 Å². The molecule has 0 amide bonds. The summed E-state index contributed by atoms with van der Waals surface area (Å²) in [5.74, 6) is 0.0817. The Morgan fingerprint density at radius 3 is 2.35 bits per heavy atom. The smallest absolute Gasteiger partial charge is 0.323 e. The molecule has 0 aromatic heterocycles. The van der Waals surface area contributed by atoms with Gasteiger partial charge in [-0.25, -0.2) is 0 Å². The van der Waals surface area contributed by atoms with Crippen LogP contribution >= 0.6 is 0 Å². The fraction of sp³-hybridized carbons (Fsp3) is 0.944. The highest BCUT2D eigenvalue weighted by Crippen LogP contribution is 2.28. The molecule has 2 unspecified atom stereocenters. The van der Waals surface area contributed by atoms with Crippen LogP contribution in [0.1, 0.15) is 66.7 Å². The highest BCUT2D eigenvalue weighted by Gasteiger charge is 2.33. The van der Waals surface area contributed by atoms with Crippen molar-refractivity contribution in [3.63, 3.8) is 0 Å². The third-order valence-corrected chi connectivity index (χ3v) is 3.98. The second-order valence-electron chi connectivity index (χ2n) is 7.85. The molecule has 0 bridgehead atoms. The molecule has 0 heterocycles. The summed E-state index contributed by atoms with van der Waals surface area (Å²) in [7, 11) is 0. The molecule has 5 nitrogen and oxygen atoms in total. The summed E-state index contributed by atoms with van der Waals surface area (Å²) in [5.41, 5.74) is -0.495. The normalized spacial score (nSPS) is 19.6. The first kappa shape index (κ1) is 20.4. The van der Waals surface area contributed by atoms with Crippen molar-refractivity contribution in [1.82, 2.24) is 5.32 Å². The van der Waals surface area contributed by atoms with Gasteiger partial charge < -0.3 is 19.9 Å². The van der Waals surface area contributed by atoms with Gasteiger partial charge in [0.1, 0.15) is 11.6 Å². The number of carbonyl (C=O) groups excluding carboxylic acids is 1. The summed E-state index contributed by atoms with van der Waals surface area (Å²) in [6.07, 6.45) is 5.10. The number of rotatable bonds is 8. The van der Waals surface area contributed by atoms with Crippen LogP contribution in [0.3, 0.4) is 0 Å². The minimum atomic E-state index is -0.620. The second kappa shape index (κ2) is 9.60. The maximum Gasteiger partial charge on any atom is 0.323 e. The van der Waals surface area contributed by atoms with Crippen molar-refractivity contribution in [1.29, 1.82) is 0 Å². The quantitative estimate of drug-likeness (QED) is 0.670. The van der Waals surface area contributed by atoms with Crippen molar-refractivity contribution < 1.29 is 19.4 Å². The molecule has 0 aliphatic heterocycles. The highest BCUT2D eigenvalue weighted by atomic mass is 16.6. The molecule has 1 saturated carbocycles. The van der Waals surface area contributed by atoms with Crippen molar-refractivity contribution in [2.45, 2.75) is 90.6 Å². The predicted octanol–water partition coefficient (Wildman–Crippen LogP) is 2.65. The van der Waals surface area contributed by atoms with Gasteiger partial charge in [-0.1, -0.05) is 19.3 Å². The average Bonchev–Trinajstić information content (AvgIpc) is 2.44. The van der Waals surface area contributed by atoms with Crippen molar-refractivity contribution in [2.75, 3.05) is 13.2 Å². The van der Waals surface area contributed by atoms with Gasteiger partial charge in [0, 0.05) is 6.54 Å². The Kier molecular flexibility index (Phi) is 8.51. The number of aliphatic hydroxyl groups is 1. The molecule has 1 rings (SSSR count). The van der Waals surface area contributed by atoms with E-state index in [1.165, 1.54) is 6.42 Å². The van der Waals surface area contributed by atoms with Crippen LogP contribution in [0.2, 0.25) is 0 Å². The highest BCUT2D eigenvalue weighted by molar-refractivity contribution is 5.76. The number of esters is 1. The lowest BCUT2D eigenvalue weighted by atomic mass is 9.83. The van der Waals surface area contributed by atoms with E-state index in [9.17, 15) is 9.90 Å². The van der Waals surface area contributed by atoms with Gasteiger partial charge >= 0.3 is 5.97 Å². The van der Waals surface area contributed by atoms with E-state index in [1.54, 1.807) is 0 Å². The Labute approximate surface area is 141 Å². The molecule has 23 heavy (non-hydrogen) atoms. The van der Waals surface area contributed by atoms with Crippen LogP contribution in [-0.2, 0) is 14.3 Å². The molecule has 0 aromatic carbocycles. The number of hydrogen-bond donors (Lipinski definition) is 2. The lowest BCUT2D eigenvalue weighted by Crippen LogP contribution is -2.49. The average molecular weight is 329 g/mol. The van der Waals surface area contributed by atoms with Gasteiger partial charge in [0.2, 0.25) is 0 Å². The van der Waals surface area contributed by atoms with Crippen LogP contribution in [0, 0.1) is 5.92 Å². The summed E-state index contributed by atoms with van der Waals surface area (Å²) in [5, 5.41) is 13.3. The van der Waals surface area contributed by atoms with Gasteiger partial charge in [0.25, 0.3) is 0 Å². The van der Waals surface area contributed by atoms with Crippen LogP contribution in [0.15, 0.2) is 0 Å². The molecule has 1 fully saturated rings. The maximum absolute atomic E-state index is 12.5. The molecule has 0 aromatic rings. The van der Waals surface area contributed by atoms with Crippen molar-refractivity contribution >= 4 is 5.97 Å². The molecule has 2 atom stereocenters. The van der Waals surface area contributed by atoms with E-state index >= 15 is 0 Å². The Bertz CT molecular complexity index is 345. The second-order valence-corrected chi connectivity index (χ2v) is 7.85. The number of carbonyl (C=O) groups is 1. The first-order valence-electron chi connectivity index (χ1n) is 8.95. The Hall–Kier alpha value is -0.650. The summed E-state index contributed by atoms with van der Waals surface area (Å²) in [4.78, 5) is 12.5. The maximum atomic E-state index is 12.5. The molecule has 0 radical (unpaired) electrons. The van der Waals surface area contributed by atoms with Crippen molar-refractivity contribution in [3.8, 4) is 0 Å². The van der Waals surface area contributed by atoms with E-state index in [4.69, 9.17) is 9.47 Å². The third-order valence-electron chi connectivity index (χ3n) is 3.98. The van der Waals surface area contributed by atoms with Crippen LogP contribution in [0.25, 0.3) is 0 Å². The Balaban J connectivity index is 2.58. The van der Waals surface area contributed by atoms with Crippen LogP contribution in [0.5, 0.6) is 0 Å². The van der Waals surface area contributed by atoms with Gasteiger partial charge in [-0.15, -0.1) is 0 Å². The molecule has 0 saturated heterocycles. The van der Waals surface area contributed by atoms with Crippen LogP contribution in [-0.4, -0.2) is 48.1 Å². The molecular weight excluding hydrogens is 294 g/mol. The van der Waals surface area contributed by atoms with Gasteiger partial charge in [-0.05, 0) is 53.4 Å². The number of nitrogens with one attached hydrogen (secondary N) is 1. The fourth-order valence-corrected chi connectivity index (χ4v) is 2.90. The molecule has 0 spiro atoms. The zero-order valence-corrected chi connectivity index (χ0v) is 15.4. The van der Waals surface area contributed by atoms with Crippen molar-refractivity contribution in [2.24, 2.45) is 5.92 Å². The zero-order valence-electron chi connectivity index (χ0n) is 15.4. The van der Waals surface area contributed by atoms with Gasteiger partial charge in [-0.3, -0.25) is 4.79 Å². The number of aliphatic hydroxyl groups excluding tert-OH is 1.